The molecule has 152 valence electrons. The predicted molar refractivity (Wildman–Crippen MR) is 120 cm³/mol. The molecule has 6 heteroatoms. The molecule has 0 spiro atoms. The summed E-state index contributed by atoms with van der Waals surface area (Å²) >= 11 is 6.03. The van der Waals surface area contributed by atoms with Crippen molar-refractivity contribution in [3.8, 4) is 0 Å². The van der Waals surface area contributed by atoms with Crippen molar-refractivity contribution in [1.29, 1.82) is 0 Å². The second-order valence-corrected chi connectivity index (χ2v) is 7.78. The smallest absolute Gasteiger partial charge is 0.319 e. The van der Waals surface area contributed by atoms with E-state index in [-0.39, 0.29) is 18.4 Å². The van der Waals surface area contributed by atoms with Crippen molar-refractivity contribution >= 4 is 35.7 Å². The number of nitrogens with one attached hydrogen (secondary N) is 1. The van der Waals surface area contributed by atoms with Crippen molar-refractivity contribution in [2.45, 2.75) is 33.2 Å². The average molecular weight is 422 g/mol. The van der Waals surface area contributed by atoms with Crippen LogP contribution in [-0.4, -0.2) is 42.0 Å². The van der Waals surface area contributed by atoms with Gasteiger partial charge in [0.05, 0.1) is 0 Å². The van der Waals surface area contributed by atoms with E-state index < -0.39 is 0 Å². The van der Waals surface area contributed by atoms with Gasteiger partial charge in [-0.2, -0.15) is 0 Å². The maximum Gasteiger partial charge on any atom is 0.322 e. The van der Waals surface area contributed by atoms with E-state index in [0.29, 0.717) is 18.1 Å². The van der Waals surface area contributed by atoms with Crippen molar-refractivity contribution in [3.05, 3.63) is 64.2 Å². The lowest BCUT2D eigenvalue weighted by molar-refractivity contribution is 0.198. The first-order valence-corrected chi connectivity index (χ1v) is 9.99. The highest BCUT2D eigenvalue weighted by Gasteiger charge is 2.18. The highest BCUT2D eigenvalue weighted by Crippen LogP contribution is 2.20. The molecule has 4 nitrogen and oxygen atoms in total. The topological polar surface area (TPSA) is 35.6 Å². The van der Waals surface area contributed by atoms with Crippen LogP contribution in [0.4, 0.5) is 10.5 Å². The summed E-state index contributed by atoms with van der Waals surface area (Å²) in [5, 5.41) is 3.73. The molecular formula is C22H29Cl2N3O. The number of benzene rings is 2. The molecule has 1 N–H and O–H groups in total. The Kier molecular flexibility index (Phi) is 8.61. The first-order valence-electron chi connectivity index (χ1n) is 9.61. The largest absolute Gasteiger partial charge is 0.322 e. The van der Waals surface area contributed by atoms with E-state index in [1.165, 1.54) is 18.4 Å². The van der Waals surface area contributed by atoms with Gasteiger partial charge in [-0.15, -0.1) is 12.4 Å². The van der Waals surface area contributed by atoms with Crippen LogP contribution in [0.2, 0.25) is 5.02 Å². The zero-order valence-electron chi connectivity index (χ0n) is 16.6. The molecule has 28 heavy (non-hydrogen) atoms. The minimum Gasteiger partial charge on any atom is -0.319 e. The minimum atomic E-state index is -0.0693. The fourth-order valence-electron chi connectivity index (χ4n) is 3.40. The average Bonchev–Trinajstić information content (AvgIpc) is 3.16. The molecule has 0 bridgehead atoms. The normalized spacial score (nSPS) is 13.8. The van der Waals surface area contributed by atoms with Gasteiger partial charge >= 0.3 is 6.03 Å². The molecule has 2 aromatic carbocycles. The molecule has 1 aliphatic rings. The van der Waals surface area contributed by atoms with Gasteiger partial charge in [-0.3, -0.25) is 0 Å². The highest BCUT2D eigenvalue weighted by molar-refractivity contribution is 6.30. The molecule has 0 radical (unpaired) electrons. The Morgan fingerprint density at radius 2 is 1.79 bits per heavy atom. The number of hydrogen-bond acceptors (Lipinski definition) is 2. The Hall–Kier alpha value is -1.75. The van der Waals surface area contributed by atoms with Crippen molar-refractivity contribution in [3.63, 3.8) is 0 Å². The molecule has 0 aliphatic carbocycles. The van der Waals surface area contributed by atoms with Gasteiger partial charge in [0, 0.05) is 30.3 Å². The summed E-state index contributed by atoms with van der Waals surface area (Å²) < 4.78 is 0. The Labute approximate surface area is 179 Å². The van der Waals surface area contributed by atoms with Gasteiger partial charge in [0.15, 0.2) is 0 Å². The van der Waals surface area contributed by atoms with E-state index in [9.17, 15) is 4.79 Å². The van der Waals surface area contributed by atoms with Crippen molar-refractivity contribution in [2.24, 2.45) is 0 Å². The van der Waals surface area contributed by atoms with Crippen LogP contribution in [0.5, 0.6) is 0 Å². The summed E-state index contributed by atoms with van der Waals surface area (Å²) in [5.74, 6) is 0. The molecule has 1 heterocycles. The van der Waals surface area contributed by atoms with Crippen LogP contribution in [-0.2, 0) is 6.54 Å². The summed E-state index contributed by atoms with van der Waals surface area (Å²) in [7, 11) is 0. The molecule has 0 aromatic heterocycles. The van der Waals surface area contributed by atoms with Crippen molar-refractivity contribution < 1.29 is 4.79 Å². The first-order chi connectivity index (χ1) is 13.0. The Bertz CT molecular complexity index is 774. The fraction of sp³-hybridized carbons (Fsp3) is 0.409. The van der Waals surface area contributed by atoms with Crippen LogP contribution < -0.4 is 5.32 Å². The lowest BCUT2D eigenvalue weighted by atomic mass is 10.1. The second kappa shape index (κ2) is 10.7. The van der Waals surface area contributed by atoms with Crippen molar-refractivity contribution in [2.75, 3.05) is 31.5 Å². The summed E-state index contributed by atoms with van der Waals surface area (Å²) in [6, 6.07) is 13.8. The maximum atomic E-state index is 13.0. The van der Waals surface area contributed by atoms with E-state index in [0.717, 1.165) is 36.4 Å². The molecule has 2 aromatic rings. The number of urea groups is 1. The molecule has 1 saturated heterocycles. The minimum absolute atomic E-state index is 0. The Morgan fingerprint density at radius 3 is 2.43 bits per heavy atom. The van der Waals surface area contributed by atoms with E-state index in [4.69, 9.17) is 11.6 Å². The van der Waals surface area contributed by atoms with Gasteiger partial charge in [0.25, 0.3) is 0 Å². The van der Waals surface area contributed by atoms with Crippen LogP contribution in [0, 0.1) is 13.8 Å². The maximum absolute atomic E-state index is 13.0. The van der Waals surface area contributed by atoms with Crippen LogP contribution in [0.25, 0.3) is 0 Å². The number of anilines is 1. The monoisotopic (exact) mass is 421 g/mol. The Balaban J connectivity index is 0.00000280. The predicted octanol–water partition coefficient (Wildman–Crippen LogP) is 5.51. The molecule has 2 amide bonds. The number of rotatable bonds is 6. The molecule has 0 saturated carbocycles. The van der Waals surface area contributed by atoms with Gasteiger partial charge in [-0.1, -0.05) is 41.4 Å². The Morgan fingerprint density at radius 1 is 1.11 bits per heavy atom. The first kappa shape index (κ1) is 22.5. The lowest BCUT2D eigenvalue weighted by Gasteiger charge is -2.26. The summed E-state index contributed by atoms with van der Waals surface area (Å²) in [6.07, 6.45) is 2.52. The van der Waals surface area contributed by atoms with E-state index in [2.05, 4.69) is 41.4 Å². The van der Waals surface area contributed by atoms with Gasteiger partial charge < -0.3 is 15.1 Å². The van der Waals surface area contributed by atoms with Gasteiger partial charge in [0.1, 0.15) is 0 Å². The van der Waals surface area contributed by atoms with E-state index >= 15 is 0 Å². The highest BCUT2D eigenvalue weighted by atomic mass is 35.5. The number of nitrogens with zero attached hydrogens (tertiary/aromatic N) is 2. The third-order valence-electron chi connectivity index (χ3n) is 5.10. The number of amides is 2. The number of hydrogen-bond donors (Lipinski definition) is 1. The van der Waals surface area contributed by atoms with E-state index in [1.54, 1.807) is 6.07 Å². The summed E-state index contributed by atoms with van der Waals surface area (Å²) in [4.78, 5) is 17.3. The number of aryl methyl sites for hydroxylation is 2. The second-order valence-electron chi connectivity index (χ2n) is 7.35. The number of carbonyl (C=O) groups excluding carboxylic acids is 1. The SMILES string of the molecule is Cc1ccc(CN(CCN2CCCC2)C(=O)Nc2ccc(Cl)cc2C)cc1.Cl. The molecular weight excluding hydrogens is 393 g/mol. The molecule has 3 rings (SSSR count). The lowest BCUT2D eigenvalue weighted by Crippen LogP contribution is -2.40. The summed E-state index contributed by atoms with van der Waals surface area (Å²) in [5.41, 5.74) is 4.14. The van der Waals surface area contributed by atoms with Gasteiger partial charge in [0.2, 0.25) is 0 Å². The van der Waals surface area contributed by atoms with Crippen LogP contribution in [0.15, 0.2) is 42.5 Å². The molecule has 0 unspecified atom stereocenters. The summed E-state index contributed by atoms with van der Waals surface area (Å²) in [6.45, 7) is 8.53. The standard InChI is InChI=1S/C22H28ClN3O.ClH/c1-17-5-7-19(8-6-17)16-26(14-13-25-11-3-4-12-25)22(27)24-21-10-9-20(23)15-18(21)2;/h5-10,15H,3-4,11-14,16H2,1-2H3,(H,24,27);1H. The van der Waals surface area contributed by atoms with E-state index in [1.807, 2.05) is 24.0 Å². The quantitative estimate of drug-likeness (QED) is 0.667. The van der Waals surface area contributed by atoms with Crippen LogP contribution >= 0.6 is 24.0 Å². The third kappa shape index (κ3) is 6.40. The van der Waals surface area contributed by atoms with Crippen LogP contribution in [0.3, 0.4) is 0 Å². The van der Waals surface area contributed by atoms with Crippen molar-refractivity contribution in [1.82, 2.24) is 9.80 Å². The molecule has 1 fully saturated rings. The number of halogens is 2. The fourth-order valence-corrected chi connectivity index (χ4v) is 3.62. The molecule has 0 atom stereocenters. The third-order valence-corrected chi connectivity index (χ3v) is 5.33. The van der Waals surface area contributed by atoms with Gasteiger partial charge in [-0.05, 0) is 69.1 Å². The van der Waals surface area contributed by atoms with Gasteiger partial charge in [-0.25, -0.2) is 4.79 Å². The zero-order valence-corrected chi connectivity index (χ0v) is 18.2. The number of carbonyl (C=O) groups is 1. The zero-order chi connectivity index (χ0) is 19.2. The number of likely N-dealkylation sites (tertiary alicyclic amines) is 1. The molecule has 1 aliphatic heterocycles. The van der Waals surface area contributed by atoms with Crippen LogP contribution in [0.1, 0.15) is 29.5 Å².